The Morgan fingerprint density at radius 3 is 2.59 bits per heavy atom. The van der Waals surface area contributed by atoms with Crippen molar-refractivity contribution in [3.63, 3.8) is 0 Å². The largest absolute Gasteiger partial charge is 0.363 e. The van der Waals surface area contributed by atoms with Crippen molar-refractivity contribution < 1.29 is 13.2 Å². The minimum atomic E-state index is -2.90. The van der Waals surface area contributed by atoms with Crippen LogP contribution < -0.4 is 10.9 Å². The van der Waals surface area contributed by atoms with Crippen LogP contribution in [-0.2, 0) is 7.05 Å². The molecule has 0 unspecified atom stereocenters. The summed E-state index contributed by atoms with van der Waals surface area (Å²) in [6.45, 7) is 3.39. The van der Waals surface area contributed by atoms with Gasteiger partial charge in [-0.3, -0.25) is 9.36 Å². The Kier molecular flexibility index (Phi) is 6.04. The van der Waals surface area contributed by atoms with E-state index in [0.717, 1.165) is 37.3 Å². The first kappa shape index (κ1) is 22.0. The Labute approximate surface area is 184 Å². The van der Waals surface area contributed by atoms with Gasteiger partial charge in [0.25, 0.3) is 12.0 Å². The summed E-state index contributed by atoms with van der Waals surface area (Å²) >= 11 is 0. The Balaban J connectivity index is 1.82. The molecule has 0 amide bonds. The minimum absolute atomic E-state index is 0.118. The molecule has 8 heteroatoms. The van der Waals surface area contributed by atoms with Gasteiger partial charge in [0.2, 0.25) is 0 Å². The van der Waals surface area contributed by atoms with E-state index in [9.17, 15) is 18.0 Å². The number of hydrogen-bond donors (Lipinski definition) is 1. The van der Waals surface area contributed by atoms with E-state index in [1.54, 1.807) is 27.0 Å². The number of alkyl halides is 2. The van der Waals surface area contributed by atoms with Gasteiger partial charge in [-0.1, -0.05) is 24.3 Å². The second-order valence-electron chi connectivity index (χ2n) is 8.17. The zero-order valence-corrected chi connectivity index (χ0v) is 18.3. The number of hydrogen-bond acceptors (Lipinski definition) is 4. The summed E-state index contributed by atoms with van der Waals surface area (Å²) in [4.78, 5) is 21.9. The molecule has 168 valence electrons. The Morgan fingerprint density at radius 1 is 1.16 bits per heavy atom. The van der Waals surface area contributed by atoms with Crippen molar-refractivity contribution in [2.75, 3.05) is 5.32 Å². The van der Waals surface area contributed by atoms with Gasteiger partial charge in [0.05, 0.1) is 17.0 Å². The van der Waals surface area contributed by atoms with Gasteiger partial charge in [0.15, 0.2) is 0 Å². The molecule has 1 aromatic carbocycles. The number of fused-ring (bicyclic) bond motifs is 1. The minimum Gasteiger partial charge on any atom is -0.363 e. The normalized spacial score (nSPS) is 15.2. The number of nitrogens with zero attached hydrogens (tertiary/aromatic N) is 3. The van der Waals surface area contributed by atoms with E-state index in [-0.39, 0.29) is 11.1 Å². The molecule has 5 nitrogen and oxygen atoms in total. The fraction of sp³-hybridized carbons (Fsp3) is 0.375. The van der Waals surface area contributed by atoms with Gasteiger partial charge in [-0.2, -0.15) is 0 Å². The molecular formula is C24H25F3N4O. The Hall–Kier alpha value is -3.16. The summed E-state index contributed by atoms with van der Waals surface area (Å²) in [5.74, 6) is -0.0678. The molecule has 0 bridgehead atoms. The number of aromatic nitrogens is 3. The van der Waals surface area contributed by atoms with Gasteiger partial charge in [0, 0.05) is 18.2 Å². The van der Waals surface area contributed by atoms with Crippen molar-refractivity contribution in [1.29, 1.82) is 0 Å². The maximum absolute atomic E-state index is 14.7. The van der Waals surface area contributed by atoms with E-state index in [1.807, 2.05) is 0 Å². The lowest BCUT2D eigenvalue weighted by molar-refractivity contribution is 0.146. The fourth-order valence-corrected chi connectivity index (χ4v) is 4.22. The zero-order valence-electron chi connectivity index (χ0n) is 18.3. The average Bonchev–Trinajstić information content (AvgIpc) is 2.77. The van der Waals surface area contributed by atoms with E-state index in [1.165, 1.54) is 16.7 Å². The monoisotopic (exact) mass is 442 g/mol. The maximum Gasteiger partial charge on any atom is 0.266 e. The second kappa shape index (κ2) is 8.76. The topological polar surface area (TPSA) is 59.8 Å². The number of anilines is 1. The van der Waals surface area contributed by atoms with Crippen molar-refractivity contribution >= 4 is 22.4 Å². The molecule has 0 fully saturated rings. The van der Waals surface area contributed by atoms with E-state index >= 15 is 0 Å². The summed E-state index contributed by atoms with van der Waals surface area (Å²) in [5.41, 5.74) is 1.43. The standard InChI is InChI=1S/C24H25F3N4O/c1-13(16-10-7-11-17(20(16)25)21(26)27)28-22-19-12-18(15-8-5-4-6-9-15)24(32)31(3)23(19)30-14(2)29-22/h7-8,10-13,21H,4-6,9H2,1-3H3,(H,28,29,30)/t13-/m1/s1. The van der Waals surface area contributed by atoms with Crippen LogP contribution >= 0.6 is 0 Å². The number of halogens is 3. The summed E-state index contributed by atoms with van der Waals surface area (Å²) in [5, 5.41) is 3.78. The van der Waals surface area contributed by atoms with E-state index in [0.29, 0.717) is 28.2 Å². The van der Waals surface area contributed by atoms with Crippen LogP contribution in [-0.4, -0.2) is 14.5 Å². The highest BCUT2D eigenvalue weighted by molar-refractivity contribution is 5.89. The maximum atomic E-state index is 14.7. The van der Waals surface area contributed by atoms with Gasteiger partial charge in [0.1, 0.15) is 23.1 Å². The first-order valence-electron chi connectivity index (χ1n) is 10.7. The second-order valence-corrected chi connectivity index (χ2v) is 8.17. The number of pyridine rings is 1. The van der Waals surface area contributed by atoms with Crippen LogP contribution in [0.3, 0.4) is 0 Å². The molecule has 1 atom stereocenters. The van der Waals surface area contributed by atoms with Crippen molar-refractivity contribution in [3.8, 4) is 0 Å². The average molecular weight is 442 g/mol. The molecule has 2 heterocycles. The molecular weight excluding hydrogens is 417 g/mol. The third kappa shape index (κ3) is 4.01. The molecule has 4 rings (SSSR count). The molecule has 3 aromatic rings. The molecule has 0 radical (unpaired) electrons. The van der Waals surface area contributed by atoms with Crippen LogP contribution in [0.1, 0.15) is 67.6 Å². The lowest BCUT2D eigenvalue weighted by Crippen LogP contribution is -2.23. The fourth-order valence-electron chi connectivity index (χ4n) is 4.22. The molecule has 1 aliphatic rings. The van der Waals surface area contributed by atoms with E-state index in [4.69, 9.17) is 0 Å². The highest BCUT2D eigenvalue weighted by Gasteiger charge is 2.22. The first-order valence-corrected chi connectivity index (χ1v) is 10.7. The summed E-state index contributed by atoms with van der Waals surface area (Å²) in [6.07, 6.45) is 3.10. The molecule has 0 spiro atoms. The quantitative estimate of drug-likeness (QED) is 0.539. The third-order valence-electron chi connectivity index (χ3n) is 5.93. The third-order valence-corrected chi connectivity index (χ3v) is 5.93. The van der Waals surface area contributed by atoms with Gasteiger partial charge in [-0.05, 0) is 51.2 Å². The summed E-state index contributed by atoms with van der Waals surface area (Å²) in [7, 11) is 1.67. The summed E-state index contributed by atoms with van der Waals surface area (Å²) < 4.78 is 42.5. The van der Waals surface area contributed by atoms with Gasteiger partial charge in [-0.25, -0.2) is 23.1 Å². The van der Waals surface area contributed by atoms with Crippen LogP contribution in [0.2, 0.25) is 0 Å². The lowest BCUT2D eigenvalue weighted by atomic mass is 9.94. The summed E-state index contributed by atoms with van der Waals surface area (Å²) in [6, 6.07) is 5.12. The van der Waals surface area contributed by atoms with Gasteiger partial charge in [-0.15, -0.1) is 0 Å². The molecule has 32 heavy (non-hydrogen) atoms. The van der Waals surface area contributed by atoms with E-state index in [2.05, 4.69) is 21.4 Å². The van der Waals surface area contributed by atoms with Crippen LogP contribution in [0.25, 0.3) is 16.6 Å². The lowest BCUT2D eigenvalue weighted by Gasteiger charge is -2.20. The Morgan fingerprint density at radius 2 is 1.91 bits per heavy atom. The highest BCUT2D eigenvalue weighted by Crippen LogP contribution is 2.32. The van der Waals surface area contributed by atoms with E-state index < -0.39 is 23.8 Å². The van der Waals surface area contributed by atoms with Crippen molar-refractivity contribution in [1.82, 2.24) is 14.5 Å². The zero-order chi connectivity index (χ0) is 23.0. The molecule has 0 aliphatic heterocycles. The number of benzene rings is 1. The van der Waals surface area contributed by atoms with Crippen molar-refractivity contribution in [2.24, 2.45) is 7.05 Å². The van der Waals surface area contributed by atoms with Crippen LogP contribution in [0, 0.1) is 12.7 Å². The number of nitrogens with one attached hydrogen (secondary N) is 1. The van der Waals surface area contributed by atoms with Crippen molar-refractivity contribution in [3.05, 3.63) is 69.0 Å². The predicted molar refractivity (Wildman–Crippen MR) is 119 cm³/mol. The molecule has 0 saturated heterocycles. The van der Waals surface area contributed by atoms with Crippen LogP contribution in [0.4, 0.5) is 19.0 Å². The molecule has 1 N–H and O–H groups in total. The van der Waals surface area contributed by atoms with Gasteiger partial charge < -0.3 is 5.32 Å². The first-order chi connectivity index (χ1) is 15.3. The molecule has 1 aliphatic carbocycles. The molecule has 0 saturated carbocycles. The Bertz CT molecular complexity index is 1270. The van der Waals surface area contributed by atoms with Crippen LogP contribution in [0.15, 0.2) is 35.1 Å². The number of rotatable bonds is 5. The SMILES string of the molecule is Cc1nc(N[C@H](C)c2cccc(C(F)F)c2F)c2cc(C3=CCCCC3)c(=O)n(C)c2n1. The number of allylic oxidation sites excluding steroid dienone is 2. The predicted octanol–water partition coefficient (Wildman–Crippen LogP) is 5.84. The van der Waals surface area contributed by atoms with Crippen molar-refractivity contribution in [2.45, 2.75) is 52.0 Å². The smallest absolute Gasteiger partial charge is 0.266 e. The number of aryl methyl sites for hydroxylation is 2. The molecule has 2 aromatic heterocycles. The van der Waals surface area contributed by atoms with Gasteiger partial charge >= 0.3 is 0 Å². The highest BCUT2D eigenvalue weighted by atomic mass is 19.3. The van der Waals surface area contributed by atoms with Crippen LogP contribution in [0.5, 0.6) is 0 Å².